The molecule has 0 spiro atoms. The van der Waals surface area contributed by atoms with Gasteiger partial charge in [-0.2, -0.15) is 0 Å². The van der Waals surface area contributed by atoms with E-state index in [-0.39, 0.29) is 10.8 Å². The molecule has 3 aromatic heterocycles. The summed E-state index contributed by atoms with van der Waals surface area (Å²) in [5, 5.41) is 3.79. The van der Waals surface area contributed by atoms with Gasteiger partial charge in [-0.1, -0.05) is 155 Å². The van der Waals surface area contributed by atoms with Crippen LogP contribution in [0.25, 0.3) is 88.7 Å². The second-order valence-electron chi connectivity index (χ2n) is 20.4. The summed E-state index contributed by atoms with van der Waals surface area (Å²) in [5.41, 5.74) is 24.1. The van der Waals surface area contributed by atoms with Crippen LogP contribution >= 0.6 is 0 Å². The molecule has 9 aromatic carbocycles. The quantitative estimate of drug-likeness (QED) is 0.159. The number of hydrogen-bond acceptors (Lipinski definition) is 2. The van der Waals surface area contributed by atoms with Crippen LogP contribution in [0.5, 0.6) is 0 Å². The largest absolute Gasteiger partial charge is 0.310 e. The smallest absolute Gasteiger partial charge is 0.0585 e. The highest BCUT2D eigenvalue weighted by Crippen LogP contribution is 2.56. The molecule has 12 aromatic rings. The van der Waals surface area contributed by atoms with E-state index >= 15 is 0 Å². The van der Waals surface area contributed by atoms with Gasteiger partial charge in [0.05, 0.1) is 22.2 Å². The number of hydrogen-bond donors (Lipinski definition) is 0. The third kappa shape index (κ3) is 6.07. The van der Waals surface area contributed by atoms with E-state index in [9.17, 15) is 0 Å². The number of rotatable bonds is 7. The van der Waals surface area contributed by atoms with Crippen molar-refractivity contribution in [2.75, 3.05) is 4.90 Å². The van der Waals surface area contributed by atoms with Crippen molar-refractivity contribution in [1.29, 1.82) is 0 Å². The molecular weight excluding hydrogens is 861 g/mol. The number of pyridine rings is 1. The minimum Gasteiger partial charge on any atom is -0.310 e. The van der Waals surface area contributed by atoms with Gasteiger partial charge >= 0.3 is 0 Å². The second-order valence-corrected chi connectivity index (χ2v) is 20.4. The predicted molar refractivity (Wildman–Crippen MR) is 296 cm³/mol. The molecule has 2 aliphatic carbocycles. The predicted octanol–water partition coefficient (Wildman–Crippen LogP) is 17.5. The van der Waals surface area contributed by atoms with Crippen molar-refractivity contribution in [1.82, 2.24) is 14.1 Å². The normalized spacial score (nSPS) is 13.9. The fourth-order valence-electron chi connectivity index (χ4n) is 12.4. The first-order valence-corrected chi connectivity index (χ1v) is 24.8. The average molecular weight is 911 g/mol. The van der Waals surface area contributed by atoms with Gasteiger partial charge in [0, 0.05) is 78.9 Å². The first-order chi connectivity index (χ1) is 34.8. The minimum absolute atomic E-state index is 0.131. The number of aromatic nitrogens is 3. The van der Waals surface area contributed by atoms with E-state index in [1.54, 1.807) is 0 Å². The maximum Gasteiger partial charge on any atom is 0.0585 e. The van der Waals surface area contributed by atoms with Gasteiger partial charge in [0.1, 0.15) is 0 Å². The zero-order valence-electron chi connectivity index (χ0n) is 40.2. The van der Waals surface area contributed by atoms with Crippen molar-refractivity contribution < 1.29 is 0 Å². The van der Waals surface area contributed by atoms with E-state index < -0.39 is 0 Å². The van der Waals surface area contributed by atoms with Crippen molar-refractivity contribution in [3.63, 3.8) is 0 Å². The molecule has 0 bridgehead atoms. The standard InChI is InChI=1S/C67H50N4/c1-66(2)56-23-13-11-21-52(56)53-35-34-51(41-58(53)66)69(48-28-25-44(26-29-48)43-16-7-5-8-17-43)49-30-32-50(33-31-49)70-59-36-27-45(46-18-15-39-68-42-46)40-55(59)62-60(70)37-38-61-63(62)64-65(71(61)47-19-9-6-10-20-47)54-22-12-14-24-57(54)67(64,3)4/h5-42H,1-4H3. The molecule has 0 N–H and O–H groups in total. The SMILES string of the molecule is CC1(C)c2ccccc2-c2ccc(N(c3ccc(-c4ccccc4)cc3)c3ccc(-n4c5ccc(-c6cccnc6)cc5c5c6c7c(n(-c8ccccc8)c6ccc54)-c4ccccc4C7(C)C)cc3)cc21. The van der Waals surface area contributed by atoms with Crippen molar-refractivity contribution >= 4 is 49.8 Å². The second kappa shape index (κ2) is 15.4. The Hall–Kier alpha value is -8.73. The van der Waals surface area contributed by atoms with Gasteiger partial charge in [-0.05, 0) is 141 Å². The fourth-order valence-corrected chi connectivity index (χ4v) is 12.4. The molecule has 4 heteroatoms. The van der Waals surface area contributed by atoms with Gasteiger partial charge in [-0.3, -0.25) is 4.98 Å². The van der Waals surface area contributed by atoms with E-state index in [1.165, 1.54) is 83.0 Å². The van der Waals surface area contributed by atoms with Gasteiger partial charge in [0.25, 0.3) is 0 Å². The van der Waals surface area contributed by atoms with Gasteiger partial charge in [-0.15, -0.1) is 0 Å². The molecule has 0 aliphatic heterocycles. The Kier molecular flexibility index (Phi) is 8.94. The molecule has 0 radical (unpaired) electrons. The zero-order chi connectivity index (χ0) is 47.6. The van der Waals surface area contributed by atoms with Crippen molar-refractivity contribution in [3.8, 4) is 56.0 Å². The Morgan fingerprint density at radius 3 is 1.65 bits per heavy atom. The Morgan fingerprint density at radius 2 is 0.930 bits per heavy atom. The Balaban J connectivity index is 0.983. The molecule has 2 aliphatic rings. The monoisotopic (exact) mass is 910 g/mol. The van der Waals surface area contributed by atoms with Crippen LogP contribution in [-0.4, -0.2) is 14.1 Å². The summed E-state index contributed by atoms with van der Waals surface area (Å²) in [4.78, 5) is 6.96. The summed E-state index contributed by atoms with van der Waals surface area (Å²) in [6, 6.07) is 80.6. The number of fused-ring (bicyclic) bond motifs is 12. The molecule has 0 fully saturated rings. The lowest BCUT2D eigenvalue weighted by Crippen LogP contribution is -2.16. The van der Waals surface area contributed by atoms with E-state index in [0.29, 0.717) is 0 Å². The molecule has 338 valence electrons. The van der Waals surface area contributed by atoms with E-state index in [2.05, 4.69) is 259 Å². The highest BCUT2D eigenvalue weighted by molar-refractivity contribution is 6.24. The van der Waals surface area contributed by atoms with Crippen LogP contribution in [-0.2, 0) is 10.8 Å². The lowest BCUT2D eigenvalue weighted by Gasteiger charge is -2.28. The zero-order valence-corrected chi connectivity index (χ0v) is 40.2. The Morgan fingerprint density at radius 1 is 0.380 bits per heavy atom. The van der Waals surface area contributed by atoms with Gasteiger partial charge in [0.2, 0.25) is 0 Å². The molecule has 0 atom stereocenters. The van der Waals surface area contributed by atoms with Crippen LogP contribution in [0.4, 0.5) is 17.1 Å². The first-order valence-electron chi connectivity index (χ1n) is 24.8. The fraction of sp³-hybridized carbons (Fsp3) is 0.0896. The summed E-state index contributed by atoms with van der Waals surface area (Å²) in [6.45, 7) is 9.54. The maximum absolute atomic E-state index is 4.54. The average Bonchev–Trinajstić information content (AvgIpc) is 4.09. The van der Waals surface area contributed by atoms with Crippen molar-refractivity contribution in [2.24, 2.45) is 0 Å². The topological polar surface area (TPSA) is 26.0 Å². The molecule has 14 rings (SSSR count). The minimum atomic E-state index is -0.242. The number of anilines is 3. The third-order valence-electron chi connectivity index (χ3n) is 15.8. The maximum atomic E-state index is 4.54. The van der Waals surface area contributed by atoms with Gasteiger partial charge in [-0.25, -0.2) is 0 Å². The van der Waals surface area contributed by atoms with Crippen LogP contribution in [0, 0.1) is 0 Å². The molecule has 0 unspecified atom stereocenters. The molecular formula is C67H50N4. The lowest BCUT2D eigenvalue weighted by molar-refractivity contribution is 0.660. The molecule has 0 saturated heterocycles. The Bertz CT molecular complexity index is 4060. The highest BCUT2D eigenvalue weighted by Gasteiger charge is 2.42. The lowest BCUT2D eigenvalue weighted by atomic mass is 9.81. The molecule has 0 amide bonds. The van der Waals surface area contributed by atoms with Gasteiger partial charge < -0.3 is 14.0 Å². The van der Waals surface area contributed by atoms with Crippen LogP contribution in [0.1, 0.15) is 49.9 Å². The number of benzene rings is 9. The summed E-state index contributed by atoms with van der Waals surface area (Å²) in [7, 11) is 0. The molecule has 3 heterocycles. The van der Waals surface area contributed by atoms with Crippen LogP contribution in [0.15, 0.2) is 231 Å². The van der Waals surface area contributed by atoms with Crippen molar-refractivity contribution in [2.45, 2.75) is 38.5 Å². The molecule has 0 saturated carbocycles. The van der Waals surface area contributed by atoms with E-state index in [0.717, 1.165) is 45.1 Å². The third-order valence-corrected chi connectivity index (χ3v) is 15.8. The van der Waals surface area contributed by atoms with Crippen LogP contribution < -0.4 is 4.90 Å². The summed E-state index contributed by atoms with van der Waals surface area (Å²) >= 11 is 0. The Labute approximate surface area is 414 Å². The van der Waals surface area contributed by atoms with Gasteiger partial charge in [0.15, 0.2) is 0 Å². The summed E-state index contributed by atoms with van der Waals surface area (Å²) < 4.78 is 5.00. The number of nitrogens with zero attached hydrogens (tertiary/aromatic N) is 4. The van der Waals surface area contributed by atoms with Crippen LogP contribution in [0.3, 0.4) is 0 Å². The molecule has 4 nitrogen and oxygen atoms in total. The molecule has 71 heavy (non-hydrogen) atoms. The van der Waals surface area contributed by atoms with Crippen LogP contribution in [0.2, 0.25) is 0 Å². The van der Waals surface area contributed by atoms with Crippen molar-refractivity contribution in [3.05, 3.63) is 253 Å². The van der Waals surface area contributed by atoms with E-state index in [1.807, 2.05) is 18.5 Å². The summed E-state index contributed by atoms with van der Waals surface area (Å²) in [6.07, 6.45) is 3.82. The first kappa shape index (κ1) is 41.3. The summed E-state index contributed by atoms with van der Waals surface area (Å²) in [5.74, 6) is 0. The van der Waals surface area contributed by atoms with E-state index in [4.69, 9.17) is 0 Å². The number of para-hydroxylation sites is 1. The highest BCUT2D eigenvalue weighted by atomic mass is 15.1.